The second-order valence-corrected chi connectivity index (χ2v) is 8.30. The predicted octanol–water partition coefficient (Wildman–Crippen LogP) is 1.72. The van der Waals surface area contributed by atoms with Crippen LogP contribution in [0.2, 0.25) is 0 Å². The van der Waals surface area contributed by atoms with E-state index in [0.29, 0.717) is 29.8 Å². The number of aryl methyl sites for hydroxylation is 2. The molecule has 2 rings (SSSR count). The summed E-state index contributed by atoms with van der Waals surface area (Å²) >= 11 is 1.37. The molecular formula is C12H20N2O2S2. The Morgan fingerprint density at radius 1 is 1.39 bits per heavy atom. The molecule has 4 nitrogen and oxygen atoms in total. The molecule has 1 aliphatic rings. The minimum absolute atomic E-state index is 0.475. The van der Waals surface area contributed by atoms with Gasteiger partial charge in [-0.1, -0.05) is 0 Å². The summed E-state index contributed by atoms with van der Waals surface area (Å²) in [5.74, 6) is 0.475. The maximum Gasteiger partial charge on any atom is 0.252 e. The first-order valence-corrected chi connectivity index (χ1v) is 8.48. The van der Waals surface area contributed by atoms with Crippen LogP contribution in [0.5, 0.6) is 0 Å². The van der Waals surface area contributed by atoms with Crippen LogP contribution in [0.1, 0.15) is 23.3 Å². The molecule has 18 heavy (non-hydrogen) atoms. The molecule has 1 aromatic heterocycles. The van der Waals surface area contributed by atoms with Crippen molar-refractivity contribution in [2.75, 3.05) is 19.6 Å². The number of thiophene rings is 1. The van der Waals surface area contributed by atoms with E-state index in [1.165, 1.54) is 11.3 Å². The first-order valence-electron chi connectivity index (χ1n) is 6.22. The SMILES string of the molecule is Cc1cc(C)c(S(=O)(=O)N2CCC(CN)CC2)s1. The highest BCUT2D eigenvalue weighted by Gasteiger charge is 2.31. The predicted molar refractivity (Wildman–Crippen MR) is 74.3 cm³/mol. The third-order valence-corrected chi connectivity index (χ3v) is 7.14. The summed E-state index contributed by atoms with van der Waals surface area (Å²) in [7, 11) is -3.29. The van der Waals surface area contributed by atoms with Gasteiger partial charge in [0.15, 0.2) is 0 Å². The second-order valence-electron chi connectivity index (χ2n) is 4.91. The van der Waals surface area contributed by atoms with Crippen LogP contribution in [-0.4, -0.2) is 32.4 Å². The molecule has 102 valence electrons. The van der Waals surface area contributed by atoms with Gasteiger partial charge >= 0.3 is 0 Å². The molecular weight excluding hydrogens is 268 g/mol. The Kier molecular flexibility index (Phi) is 4.11. The van der Waals surface area contributed by atoms with Crippen molar-refractivity contribution in [3.05, 3.63) is 16.5 Å². The number of hydrogen-bond donors (Lipinski definition) is 1. The van der Waals surface area contributed by atoms with Crippen LogP contribution in [-0.2, 0) is 10.0 Å². The van der Waals surface area contributed by atoms with Crippen LogP contribution in [0.25, 0.3) is 0 Å². The number of nitrogens with zero attached hydrogens (tertiary/aromatic N) is 1. The highest BCUT2D eigenvalue weighted by atomic mass is 32.2. The molecule has 2 N–H and O–H groups in total. The average Bonchev–Trinajstić information content (AvgIpc) is 2.69. The molecule has 0 spiro atoms. The Hall–Kier alpha value is -0.430. The van der Waals surface area contributed by atoms with Crippen LogP contribution in [0.3, 0.4) is 0 Å². The molecule has 0 unspecified atom stereocenters. The van der Waals surface area contributed by atoms with Gasteiger partial charge in [0, 0.05) is 18.0 Å². The first kappa shape index (κ1) is 14.0. The topological polar surface area (TPSA) is 63.4 Å². The summed E-state index contributed by atoms with van der Waals surface area (Å²) in [6.45, 7) is 5.66. The van der Waals surface area contributed by atoms with E-state index >= 15 is 0 Å². The Labute approximate surface area is 113 Å². The third-order valence-electron chi connectivity index (χ3n) is 3.48. The summed E-state index contributed by atoms with van der Waals surface area (Å²) < 4.78 is 27.2. The van der Waals surface area contributed by atoms with Gasteiger partial charge < -0.3 is 5.73 Å². The van der Waals surface area contributed by atoms with Crippen molar-refractivity contribution < 1.29 is 8.42 Å². The van der Waals surface area contributed by atoms with Crippen LogP contribution in [0, 0.1) is 19.8 Å². The van der Waals surface area contributed by atoms with Gasteiger partial charge in [0.2, 0.25) is 0 Å². The van der Waals surface area contributed by atoms with Gasteiger partial charge in [0.1, 0.15) is 4.21 Å². The van der Waals surface area contributed by atoms with Gasteiger partial charge in [-0.15, -0.1) is 11.3 Å². The number of sulfonamides is 1. The summed E-state index contributed by atoms with van der Waals surface area (Å²) in [6, 6.07) is 1.93. The molecule has 2 heterocycles. The van der Waals surface area contributed by atoms with E-state index in [9.17, 15) is 8.42 Å². The van der Waals surface area contributed by atoms with Gasteiger partial charge in [-0.3, -0.25) is 0 Å². The van der Waals surface area contributed by atoms with E-state index in [1.807, 2.05) is 19.9 Å². The minimum atomic E-state index is -3.29. The monoisotopic (exact) mass is 288 g/mol. The number of rotatable bonds is 3. The smallest absolute Gasteiger partial charge is 0.252 e. The van der Waals surface area contributed by atoms with Crippen molar-refractivity contribution in [3.63, 3.8) is 0 Å². The van der Waals surface area contributed by atoms with Gasteiger partial charge in [-0.25, -0.2) is 8.42 Å². The van der Waals surface area contributed by atoms with Crippen LogP contribution >= 0.6 is 11.3 Å². The molecule has 0 aromatic carbocycles. The van der Waals surface area contributed by atoms with Crippen molar-refractivity contribution >= 4 is 21.4 Å². The Bertz CT molecular complexity index is 514. The number of nitrogens with two attached hydrogens (primary N) is 1. The zero-order valence-electron chi connectivity index (χ0n) is 10.8. The standard InChI is InChI=1S/C12H20N2O2S2/c1-9-7-10(2)17-12(9)18(15,16)14-5-3-11(8-13)4-6-14/h7,11H,3-6,8,13H2,1-2H3. The van der Waals surface area contributed by atoms with Crippen LogP contribution < -0.4 is 5.73 Å². The maximum atomic E-state index is 12.5. The highest BCUT2D eigenvalue weighted by molar-refractivity contribution is 7.91. The molecule has 1 aromatic rings. The summed E-state index contributed by atoms with van der Waals surface area (Å²) in [6.07, 6.45) is 1.75. The van der Waals surface area contributed by atoms with Gasteiger partial charge in [0.05, 0.1) is 0 Å². The fourth-order valence-electron chi connectivity index (χ4n) is 2.38. The fraction of sp³-hybridized carbons (Fsp3) is 0.667. The van der Waals surface area contributed by atoms with E-state index in [1.54, 1.807) is 4.31 Å². The van der Waals surface area contributed by atoms with Gasteiger partial charge in [0.25, 0.3) is 10.0 Å². The molecule has 1 aliphatic heterocycles. The van der Waals surface area contributed by atoms with E-state index in [4.69, 9.17) is 5.73 Å². The molecule has 1 fully saturated rings. The van der Waals surface area contributed by atoms with Crippen molar-refractivity contribution in [2.45, 2.75) is 30.9 Å². The number of hydrogen-bond acceptors (Lipinski definition) is 4. The third kappa shape index (κ3) is 2.61. The average molecular weight is 288 g/mol. The van der Waals surface area contributed by atoms with Crippen molar-refractivity contribution in [1.29, 1.82) is 0 Å². The lowest BCUT2D eigenvalue weighted by Gasteiger charge is -2.30. The molecule has 1 saturated heterocycles. The Morgan fingerprint density at radius 2 is 2.00 bits per heavy atom. The Balaban J connectivity index is 2.20. The van der Waals surface area contributed by atoms with Crippen LogP contribution in [0.15, 0.2) is 10.3 Å². The molecule has 6 heteroatoms. The van der Waals surface area contributed by atoms with Crippen molar-refractivity contribution in [2.24, 2.45) is 11.7 Å². The second kappa shape index (κ2) is 5.28. The quantitative estimate of drug-likeness (QED) is 0.921. The lowest BCUT2D eigenvalue weighted by molar-refractivity contribution is 0.279. The maximum absolute atomic E-state index is 12.5. The molecule has 0 bridgehead atoms. The van der Waals surface area contributed by atoms with Gasteiger partial charge in [-0.2, -0.15) is 4.31 Å². The molecule has 0 saturated carbocycles. The lowest BCUT2D eigenvalue weighted by atomic mass is 9.99. The zero-order chi connectivity index (χ0) is 13.3. The zero-order valence-corrected chi connectivity index (χ0v) is 12.5. The Morgan fingerprint density at radius 3 is 2.44 bits per heavy atom. The van der Waals surface area contributed by atoms with E-state index in [2.05, 4.69) is 0 Å². The summed E-state index contributed by atoms with van der Waals surface area (Å²) in [5, 5.41) is 0. The summed E-state index contributed by atoms with van der Waals surface area (Å²) in [5.41, 5.74) is 6.49. The highest BCUT2D eigenvalue weighted by Crippen LogP contribution is 2.30. The van der Waals surface area contributed by atoms with Gasteiger partial charge in [-0.05, 0) is 50.8 Å². The lowest BCUT2D eigenvalue weighted by Crippen LogP contribution is -2.39. The first-order chi connectivity index (χ1) is 8.45. The normalized spacial score (nSPS) is 19.3. The van der Waals surface area contributed by atoms with Crippen molar-refractivity contribution in [1.82, 2.24) is 4.31 Å². The molecule has 0 amide bonds. The molecule has 0 atom stereocenters. The number of piperidine rings is 1. The fourth-order valence-corrected chi connectivity index (χ4v) is 5.65. The largest absolute Gasteiger partial charge is 0.330 e. The minimum Gasteiger partial charge on any atom is -0.330 e. The van der Waals surface area contributed by atoms with Crippen molar-refractivity contribution in [3.8, 4) is 0 Å². The van der Waals surface area contributed by atoms with Crippen LogP contribution in [0.4, 0.5) is 0 Å². The van der Waals surface area contributed by atoms with E-state index in [0.717, 1.165) is 23.3 Å². The summed E-state index contributed by atoms with van der Waals surface area (Å²) in [4.78, 5) is 1.04. The molecule has 0 radical (unpaired) electrons. The van der Waals surface area contributed by atoms with E-state index < -0.39 is 10.0 Å². The molecule has 0 aliphatic carbocycles. The van der Waals surface area contributed by atoms with E-state index in [-0.39, 0.29) is 0 Å².